The van der Waals surface area contributed by atoms with E-state index in [1.165, 1.54) is 19.3 Å². The van der Waals surface area contributed by atoms with Crippen molar-refractivity contribution in [1.82, 2.24) is 4.90 Å². The van der Waals surface area contributed by atoms with Crippen molar-refractivity contribution in [1.29, 1.82) is 0 Å². The van der Waals surface area contributed by atoms with Gasteiger partial charge in [-0.3, -0.25) is 4.79 Å². The van der Waals surface area contributed by atoms with Crippen molar-refractivity contribution >= 4 is 5.91 Å². The second-order valence-corrected chi connectivity index (χ2v) is 5.88. The monoisotopic (exact) mass is 275 g/mol. The number of amides is 1. The number of phenols is 1. The zero-order valence-electron chi connectivity index (χ0n) is 12.6. The number of likely N-dealkylation sites (tertiary alicyclic amines) is 1. The van der Waals surface area contributed by atoms with E-state index in [0.29, 0.717) is 5.56 Å². The van der Waals surface area contributed by atoms with E-state index >= 15 is 0 Å². The van der Waals surface area contributed by atoms with Gasteiger partial charge in [-0.2, -0.15) is 0 Å². The summed E-state index contributed by atoms with van der Waals surface area (Å²) >= 11 is 0. The molecule has 0 aliphatic carbocycles. The van der Waals surface area contributed by atoms with Crippen molar-refractivity contribution in [2.45, 2.75) is 46.0 Å². The van der Waals surface area contributed by atoms with Gasteiger partial charge in [-0.15, -0.1) is 0 Å². The predicted octanol–water partition coefficient (Wildman–Crippen LogP) is 3.74. The minimum atomic E-state index is 0.0532. The average Bonchev–Trinajstić information content (AvgIpc) is 2.67. The van der Waals surface area contributed by atoms with Crippen molar-refractivity contribution in [2.24, 2.45) is 5.92 Å². The van der Waals surface area contributed by atoms with Crippen LogP contribution < -0.4 is 0 Å². The number of aryl methyl sites for hydroxylation is 1. The Bertz CT molecular complexity index is 470. The minimum absolute atomic E-state index is 0.0532. The van der Waals surface area contributed by atoms with Crippen LogP contribution >= 0.6 is 0 Å². The van der Waals surface area contributed by atoms with Crippen LogP contribution in [-0.4, -0.2) is 29.0 Å². The third-order valence-corrected chi connectivity index (χ3v) is 4.29. The minimum Gasteiger partial charge on any atom is -0.508 e. The normalized spacial score (nSPS) is 19.7. The Morgan fingerprint density at radius 3 is 2.85 bits per heavy atom. The molecule has 1 amide bonds. The lowest BCUT2D eigenvalue weighted by molar-refractivity contribution is 0.0759. The summed E-state index contributed by atoms with van der Waals surface area (Å²) in [6, 6.07) is 5.21. The van der Waals surface area contributed by atoms with Crippen molar-refractivity contribution in [2.75, 3.05) is 13.1 Å². The Hall–Kier alpha value is -1.51. The van der Waals surface area contributed by atoms with Crippen LogP contribution in [0.15, 0.2) is 18.2 Å². The first-order valence-electron chi connectivity index (χ1n) is 7.70. The summed E-state index contributed by atoms with van der Waals surface area (Å²) in [5.41, 5.74) is 1.41. The van der Waals surface area contributed by atoms with Crippen molar-refractivity contribution in [3.05, 3.63) is 29.3 Å². The first-order chi connectivity index (χ1) is 9.61. The largest absolute Gasteiger partial charge is 0.508 e. The second kappa shape index (κ2) is 6.78. The fourth-order valence-electron chi connectivity index (χ4n) is 2.99. The van der Waals surface area contributed by atoms with Crippen LogP contribution in [-0.2, 0) is 0 Å². The van der Waals surface area contributed by atoms with Gasteiger partial charge in [-0.1, -0.05) is 25.8 Å². The molecule has 1 atom stereocenters. The topological polar surface area (TPSA) is 40.5 Å². The Kier molecular flexibility index (Phi) is 5.05. The van der Waals surface area contributed by atoms with Gasteiger partial charge in [-0.05, 0) is 49.8 Å². The fraction of sp³-hybridized carbons (Fsp3) is 0.588. The molecular formula is C17H25NO2. The first kappa shape index (κ1) is 14.9. The number of rotatable bonds is 3. The van der Waals surface area contributed by atoms with Gasteiger partial charge in [0.15, 0.2) is 0 Å². The fourth-order valence-corrected chi connectivity index (χ4v) is 2.99. The van der Waals surface area contributed by atoms with Gasteiger partial charge in [0, 0.05) is 18.7 Å². The molecule has 1 fully saturated rings. The molecule has 1 aromatic rings. The molecule has 0 aromatic heterocycles. The number of nitrogens with zero attached hydrogens (tertiary/aromatic N) is 1. The van der Waals surface area contributed by atoms with E-state index in [1.54, 1.807) is 12.1 Å². The summed E-state index contributed by atoms with van der Waals surface area (Å²) in [4.78, 5) is 14.4. The van der Waals surface area contributed by atoms with Gasteiger partial charge < -0.3 is 10.0 Å². The molecule has 1 aliphatic heterocycles. The lowest BCUT2D eigenvalue weighted by Gasteiger charge is -2.21. The molecule has 110 valence electrons. The van der Waals surface area contributed by atoms with E-state index in [1.807, 2.05) is 17.9 Å². The highest BCUT2D eigenvalue weighted by Crippen LogP contribution is 2.24. The van der Waals surface area contributed by atoms with Crippen molar-refractivity contribution in [3.8, 4) is 5.75 Å². The first-order valence-corrected chi connectivity index (χ1v) is 7.70. The Balaban J connectivity index is 2.03. The number of hydrogen-bond donors (Lipinski definition) is 1. The number of benzene rings is 1. The van der Waals surface area contributed by atoms with E-state index in [4.69, 9.17) is 0 Å². The van der Waals surface area contributed by atoms with Crippen molar-refractivity contribution < 1.29 is 9.90 Å². The van der Waals surface area contributed by atoms with Crippen LogP contribution in [0.1, 0.15) is 54.9 Å². The van der Waals surface area contributed by atoms with Crippen LogP contribution in [0.3, 0.4) is 0 Å². The van der Waals surface area contributed by atoms with Crippen LogP contribution in [0.5, 0.6) is 5.75 Å². The number of hydrogen-bond acceptors (Lipinski definition) is 2. The summed E-state index contributed by atoms with van der Waals surface area (Å²) in [7, 11) is 0. The molecule has 3 nitrogen and oxygen atoms in total. The Labute approximate surface area is 121 Å². The summed E-state index contributed by atoms with van der Waals surface area (Å²) < 4.78 is 0. The Morgan fingerprint density at radius 2 is 2.15 bits per heavy atom. The van der Waals surface area contributed by atoms with E-state index in [9.17, 15) is 9.90 Å². The molecular weight excluding hydrogens is 250 g/mol. The maximum Gasteiger partial charge on any atom is 0.253 e. The highest BCUT2D eigenvalue weighted by atomic mass is 16.3. The molecule has 0 bridgehead atoms. The van der Waals surface area contributed by atoms with Gasteiger partial charge in [0.05, 0.1) is 0 Å². The molecule has 0 saturated carbocycles. The van der Waals surface area contributed by atoms with Gasteiger partial charge in [0.25, 0.3) is 5.91 Å². The number of aromatic hydroxyl groups is 1. The predicted molar refractivity (Wildman–Crippen MR) is 81.0 cm³/mol. The molecule has 0 spiro atoms. The average molecular weight is 275 g/mol. The van der Waals surface area contributed by atoms with Crippen molar-refractivity contribution in [3.63, 3.8) is 0 Å². The molecule has 1 aliphatic rings. The van der Waals surface area contributed by atoms with Gasteiger partial charge in [-0.25, -0.2) is 0 Å². The number of carbonyl (C=O) groups is 1. The smallest absolute Gasteiger partial charge is 0.253 e. The molecule has 1 unspecified atom stereocenters. The molecule has 20 heavy (non-hydrogen) atoms. The van der Waals surface area contributed by atoms with Gasteiger partial charge in [0.1, 0.15) is 5.75 Å². The van der Waals surface area contributed by atoms with Crippen LogP contribution in [0.25, 0.3) is 0 Å². The van der Waals surface area contributed by atoms with Crippen LogP contribution in [0, 0.1) is 12.8 Å². The van der Waals surface area contributed by atoms with E-state index in [-0.39, 0.29) is 11.7 Å². The molecule has 1 N–H and O–H groups in total. The quantitative estimate of drug-likeness (QED) is 0.912. The van der Waals surface area contributed by atoms with E-state index in [2.05, 4.69) is 6.92 Å². The van der Waals surface area contributed by atoms with E-state index in [0.717, 1.165) is 37.4 Å². The summed E-state index contributed by atoms with van der Waals surface area (Å²) in [6.07, 6.45) is 5.93. The molecule has 1 saturated heterocycles. The molecule has 0 radical (unpaired) electrons. The zero-order chi connectivity index (χ0) is 14.5. The maximum atomic E-state index is 12.5. The van der Waals surface area contributed by atoms with Crippen LogP contribution in [0.2, 0.25) is 0 Å². The van der Waals surface area contributed by atoms with E-state index < -0.39 is 0 Å². The highest BCUT2D eigenvalue weighted by Gasteiger charge is 2.21. The summed E-state index contributed by atoms with van der Waals surface area (Å²) in [5, 5.41) is 9.74. The zero-order valence-corrected chi connectivity index (χ0v) is 12.6. The summed E-state index contributed by atoms with van der Waals surface area (Å²) in [6.45, 7) is 5.75. The highest BCUT2D eigenvalue weighted by molar-refractivity contribution is 5.94. The maximum absolute atomic E-state index is 12.5. The van der Waals surface area contributed by atoms with Gasteiger partial charge in [0.2, 0.25) is 0 Å². The number of phenolic OH excluding ortho intramolecular Hbond substituents is 1. The molecule has 2 rings (SSSR count). The lowest BCUT2D eigenvalue weighted by Crippen LogP contribution is -2.32. The number of carbonyl (C=O) groups excluding carboxylic acids is 1. The molecule has 1 aromatic carbocycles. The molecule has 1 heterocycles. The van der Waals surface area contributed by atoms with Crippen LogP contribution in [0.4, 0.5) is 0 Å². The summed E-state index contributed by atoms with van der Waals surface area (Å²) in [5.74, 6) is 1.02. The standard InChI is InChI=1S/C17H25NO2/c1-3-5-14-6-4-10-18(11-9-14)17(20)15-8-7-13(2)16(19)12-15/h7-8,12,14,19H,3-6,9-11H2,1-2H3. The SMILES string of the molecule is CCCC1CCCN(C(=O)c2ccc(C)c(O)c2)CC1. The van der Waals surface area contributed by atoms with Gasteiger partial charge >= 0.3 is 0 Å². The third-order valence-electron chi connectivity index (χ3n) is 4.29. The third kappa shape index (κ3) is 3.53. The Morgan fingerprint density at radius 1 is 1.35 bits per heavy atom. The molecule has 3 heteroatoms. The lowest BCUT2D eigenvalue weighted by atomic mass is 9.96. The second-order valence-electron chi connectivity index (χ2n) is 5.88.